The Morgan fingerprint density at radius 1 is 1.14 bits per heavy atom. The monoisotopic (exact) mass is 486 g/mol. The van der Waals surface area contributed by atoms with Crippen LogP contribution in [0.3, 0.4) is 0 Å². The number of phenols is 1. The zero-order valence-electron chi connectivity index (χ0n) is 15.2. The SMILES string of the molecule is CC(=O)Nc1ccc(O)c(C(=O)C2=C(c3cccs3)Nc3ccc(Br)cc3S2)c1. The molecule has 3 N–H and O–H groups in total. The van der Waals surface area contributed by atoms with Crippen molar-refractivity contribution in [3.05, 3.63) is 73.7 Å². The summed E-state index contributed by atoms with van der Waals surface area (Å²) in [7, 11) is 0. The lowest BCUT2D eigenvalue weighted by Crippen LogP contribution is -2.13. The smallest absolute Gasteiger partial charge is 0.221 e. The molecule has 0 bridgehead atoms. The highest BCUT2D eigenvalue weighted by atomic mass is 79.9. The third-order valence-corrected chi connectivity index (χ3v) is 6.71. The molecule has 4 rings (SSSR count). The van der Waals surface area contributed by atoms with Gasteiger partial charge in [0.2, 0.25) is 11.7 Å². The Morgan fingerprint density at radius 3 is 2.69 bits per heavy atom. The number of thiophene rings is 1. The molecule has 3 aromatic rings. The molecule has 0 saturated heterocycles. The number of phenolic OH excluding ortho intramolecular Hbond substituents is 1. The molecule has 8 heteroatoms. The van der Waals surface area contributed by atoms with Crippen LogP contribution in [0, 0.1) is 0 Å². The van der Waals surface area contributed by atoms with Gasteiger partial charge in [-0.1, -0.05) is 33.8 Å². The maximum absolute atomic E-state index is 13.5. The number of thioether (sulfide) groups is 1. The second-order valence-corrected chi connectivity index (χ2v) is 9.21. The first-order valence-corrected chi connectivity index (χ1v) is 11.1. The molecule has 1 aromatic heterocycles. The Hall–Kier alpha value is -2.55. The number of fused-ring (bicyclic) bond motifs is 1. The van der Waals surface area contributed by atoms with Gasteiger partial charge in [-0.05, 0) is 47.8 Å². The van der Waals surface area contributed by atoms with E-state index in [4.69, 9.17) is 0 Å². The maximum atomic E-state index is 13.5. The van der Waals surface area contributed by atoms with Gasteiger partial charge in [-0.15, -0.1) is 11.3 Å². The van der Waals surface area contributed by atoms with Gasteiger partial charge in [-0.2, -0.15) is 0 Å². The van der Waals surface area contributed by atoms with Gasteiger partial charge < -0.3 is 15.7 Å². The molecule has 0 fully saturated rings. The summed E-state index contributed by atoms with van der Waals surface area (Å²) in [6.45, 7) is 1.39. The van der Waals surface area contributed by atoms with Crippen LogP contribution in [0.4, 0.5) is 11.4 Å². The fourth-order valence-electron chi connectivity index (χ4n) is 2.91. The number of anilines is 2. The van der Waals surface area contributed by atoms with Crippen molar-refractivity contribution in [3.63, 3.8) is 0 Å². The van der Waals surface area contributed by atoms with Crippen LogP contribution in [-0.4, -0.2) is 16.8 Å². The molecule has 1 amide bonds. The van der Waals surface area contributed by atoms with Crippen LogP contribution in [0.1, 0.15) is 22.2 Å². The normalized spacial score (nSPS) is 12.9. The van der Waals surface area contributed by atoms with E-state index in [9.17, 15) is 14.7 Å². The molecule has 1 aliphatic heterocycles. The lowest BCUT2D eigenvalue weighted by molar-refractivity contribution is -0.114. The van der Waals surface area contributed by atoms with Crippen LogP contribution in [0.15, 0.2) is 68.2 Å². The van der Waals surface area contributed by atoms with Gasteiger partial charge in [0, 0.05) is 22.0 Å². The Labute approximate surface area is 184 Å². The van der Waals surface area contributed by atoms with Crippen molar-refractivity contribution in [2.75, 3.05) is 10.6 Å². The molecular formula is C21H15BrN2O3S2. The number of rotatable bonds is 4. The standard InChI is InChI=1S/C21H15BrN2O3S2/c1-11(25)23-13-5-7-16(26)14(10-13)20(27)21-19(17-3-2-8-28-17)24-15-6-4-12(22)9-18(15)29-21/h2-10,24,26H,1H3,(H,23,25). The number of aromatic hydroxyl groups is 1. The zero-order chi connectivity index (χ0) is 20.5. The Kier molecular flexibility index (Phi) is 5.49. The van der Waals surface area contributed by atoms with Crippen molar-refractivity contribution in [1.29, 1.82) is 0 Å². The van der Waals surface area contributed by atoms with Gasteiger partial charge in [0.25, 0.3) is 0 Å². The summed E-state index contributed by atoms with van der Waals surface area (Å²) in [5, 5.41) is 18.3. The predicted octanol–water partition coefficient (Wildman–Crippen LogP) is 5.94. The van der Waals surface area contributed by atoms with Crippen molar-refractivity contribution in [2.24, 2.45) is 0 Å². The highest BCUT2D eigenvalue weighted by Crippen LogP contribution is 2.46. The van der Waals surface area contributed by atoms with E-state index >= 15 is 0 Å². The Bertz CT molecular complexity index is 1160. The van der Waals surface area contributed by atoms with Crippen molar-refractivity contribution < 1.29 is 14.7 Å². The molecule has 2 heterocycles. The summed E-state index contributed by atoms with van der Waals surface area (Å²) >= 11 is 6.35. The van der Waals surface area contributed by atoms with Crippen LogP contribution in [0.25, 0.3) is 5.70 Å². The number of halogens is 1. The average Bonchev–Trinajstić information content (AvgIpc) is 3.22. The summed E-state index contributed by atoms with van der Waals surface area (Å²) < 4.78 is 0.910. The number of allylic oxidation sites excluding steroid dienone is 1. The lowest BCUT2D eigenvalue weighted by atomic mass is 10.1. The minimum Gasteiger partial charge on any atom is -0.507 e. The van der Waals surface area contributed by atoms with Crippen molar-refractivity contribution in [2.45, 2.75) is 11.8 Å². The summed E-state index contributed by atoms with van der Waals surface area (Å²) in [6.07, 6.45) is 0. The van der Waals surface area contributed by atoms with Crippen molar-refractivity contribution in [1.82, 2.24) is 0 Å². The molecule has 1 aliphatic rings. The minimum atomic E-state index is -0.318. The van der Waals surface area contributed by atoms with Gasteiger partial charge in [-0.25, -0.2) is 0 Å². The zero-order valence-corrected chi connectivity index (χ0v) is 18.4. The topological polar surface area (TPSA) is 78.4 Å². The second-order valence-electron chi connectivity index (χ2n) is 6.29. The first-order valence-electron chi connectivity index (χ1n) is 8.60. The molecule has 29 heavy (non-hydrogen) atoms. The summed E-state index contributed by atoms with van der Waals surface area (Å²) in [5.74, 6) is -0.705. The number of hydrogen-bond acceptors (Lipinski definition) is 6. The quantitative estimate of drug-likeness (QED) is 0.314. The van der Waals surface area contributed by atoms with E-state index in [0.717, 1.165) is 19.9 Å². The number of ketones is 1. The number of amides is 1. The molecule has 0 aliphatic carbocycles. The fraction of sp³-hybridized carbons (Fsp3) is 0.0476. The van der Waals surface area contributed by atoms with Crippen LogP contribution < -0.4 is 10.6 Å². The molecule has 146 valence electrons. The number of nitrogens with one attached hydrogen (secondary N) is 2. The predicted molar refractivity (Wildman–Crippen MR) is 122 cm³/mol. The van der Waals surface area contributed by atoms with E-state index in [1.54, 1.807) is 6.07 Å². The number of Topliss-reactive ketones (excluding diaryl/α,β-unsaturated/α-hetero) is 1. The largest absolute Gasteiger partial charge is 0.507 e. The molecule has 0 spiro atoms. The number of carbonyl (C=O) groups excluding carboxylic acids is 2. The molecule has 0 saturated carbocycles. The van der Waals surface area contributed by atoms with E-state index in [1.165, 1.54) is 42.2 Å². The Morgan fingerprint density at radius 2 is 1.97 bits per heavy atom. The summed E-state index contributed by atoms with van der Waals surface area (Å²) in [6, 6.07) is 14.2. The van der Waals surface area contributed by atoms with Crippen LogP contribution in [0.5, 0.6) is 5.75 Å². The molecule has 0 atom stereocenters. The van der Waals surface area contributed by atoms with E-state index in [2.05, 4.69) is 26.6 Å². The third kappa shape index (κ3) is 4.10. The number of benzene rings is 2. The number of hydrogen-bond donors (Lipinski definition) is 3. The molecule has 5 nitrogen and oxygen atoms in total. The van der Waals surface area contributed by atoms with Crippen LogP contribution >= 0.6 is 39.0 Å². The van der Waals surface area contributed by atoms with Gasteiger partial charge in [0.05, 0.1) is 26.7 Å². The van der Waals surface area contributed by atoms with Crippen molar-refractivity contribution in [3.8, 4) is 5.75 Å². The highest BCUT2D eigenvalue weighted by molar-refractivity contribution is 9.10. The van der Waals surface area contributed by atoms with E-state index < -0.39 is 0 Å². The lowest BCUT2D eigenvalue weighted by Gasteiger charge is -2.23. The van der Waals surface area contributed by atoms with Gasteiger partial charge >= 0.3 is 0 Å². The molecule has 0 radical (unpaired) electrons. The summed E-state index contributed by atoms with van der Waals surface area (Å²) in [4.78, 5) is 27.1. The Balaban J connectivity index is 1.81. The maximum Gasteiger partial charge on any atom is 0.221 e. The minimum absolute atomic E-state index is 0.132. The average molecular weight is 487 g/mol. The number of carbonyl (C=O) groups is 2. The highest BCUT2D eigenvalue weighted by Gasteiger charge is 2.28. The van der Waals surface area contributed by atoms with Gasteiger partial charge in [0.15, 0.2) is 0 Å². The third-order valence-electron chi connectivity index (χ3n) is 4.18. The summed E-state index contributed by atoms with van der Waals surface area (Å²) in [5.41, 5.74) is 2.20. The molecule has 2 aromatic carbocycles. The van der Waals surface area contributed by atoms with E-state index in [-0.39, 0.29) is 23.0 Å². The van der Waals surface area contributed by atoms with Crippen LogP contribution in [-0.2, 0) is 4.79 Å². The second kappa shape index (κ2) is 8.06. The first kappa shape index (κ1) is 19.8. The van der Waals surface area contributed by atoms with E-state index in [0.29, 0.717) is 16.3 Å². The van der Waals surface area contributed by atoms with Crippen LogP contribution in [0.2, 0.25) is 0 Å². The van der Waals surface area contributed by atoms with Gasteiger partial charge in [-0.3, -0.25) is 9.59 Å². The first-order chi connectivity index (χ1) is 13.9. The van der Waals surface area contributed by atoms with Crippen molar-refractivity contribution >= 4 is 67.8 Å². The van der Waals surface area contributed by atoms with Gasteiger partial charge in [0.1, 0.15) is 5.75 Å². The van der Waals surface area contributed by atoms with E-state index in [1.807, 2.05) is 35.7 Å². The fourth-order valence-corrected chi connectivity index (χ4v) is 5.32. The molecular weight excluding hydrogens is 472 g/mol. The molecule has 0 unspecified atom stereocenters.